The van der Waals surface area contributed by atoms with Crippen LogP contribution in [-0.4, -0.2) is 12.9 Å². The summed E-state index contributed by atoms with van der Waals surface area (Å²) in [5, 5.41) is 0. The second-order valence-corrected chi connectivity index (χ2v) is 3.38. The highest BCUT2D eigenvalue weighted by Crippen LogP contribution is 2.27. The van der Waals surface area contributed by atoms with E-state index >= 15 is 0 Å². The van der Waals surface area contributed by atoms with E-state index in [4.69, 9.17) is 4.74 Å². The third-order valence-corrected chi connectivity index (χ3v) is 2.37. The lowest BCUT2D eigenvalue weighted by atomic mass is 9.99. The molecule has 0 aliphatic heterocycles. The SMILES string of the molecule is CCC(=O)c1c(C)ccc(C)c1OC. The molecule has 0 aliphatic carbocycles. The van der Waals surface area contributed by atoms with Crippen LogP contribution in [0.2, 0.25) is 0 Å². The first-order valence-electron chi connectivity index (χ1n) is 4.79. The first-order chi connectivity index (χ1) is 6.61. The van der Waals surface area contributed by atoms with Crippen molar-refractivity contribution in [3.8, 4) is 5.75 Å². The number of benzene rings is 1. The summed E-state index contributed by atoms with van der Waals surface area (Å²) >= 11 is 0. The molecule has 0 fully saturated rings. The average molecular weight is 192 g/mol. The molecule has 0 aromatic heterocycles. The van der Waals surface area contributed by atoms with Crippen LogP contribution in [0.5, 0.6) is 5.75 Å². The van der Waals surface area contributed by atoms with Gasteiger partial charge in [-0.2, -0.15) is 0 Å². The molecule has 1 aromatic rings. The molecule has 0 saturated heterocycles. The van der Waals surface area contributed by atoms with Gasteiger partial charge in [-0.1, -0.05) is 19.1 Å². The number of hydrogen-bond donors (Lipinski definition) is 0. The highest BCUT2D eigenvalue weighted by atomic mass is 16.5. The van der Waals surface area contributed by atoms with Gasteiger partial charge < -0.3 is 4.74 Å². The fourth-order valence-electron chi connectivity index (χ4n) is 1.57. The van der Waals surface area contributed by atoms with Crippen LogP contribution in [0.1, 0.15) is 34.8 Å². The van der Waals surface area contributed by atoms with E-state index in [1.54, 1.807) is 7.11 Å². The molecule has 0 unspecified atom stereocenters. The van der Waals surface area contributed by atoms with Gasteiger partial charge in [-0.05, 0) is 25.0 Å². The summed E-state index contributed by atoms with van der Waals surface area (Å²) in [5.41, 5.74) is 2.73. The summed E-state index contributed by atoms with van der Waals surface area (Å²) in [6.07, 6.45) is 0.515. The maximum Gasteiger partial charge on any atom is 0.166 e. The predicted octanol–water partition coefficient (Wildman–Crippen LogP) is 2.90. The van der Waals surface area contributed by atoms with Gasteiger partial charge in [0.2, 0.25) is 0 Å². The van der Waals surface area contributed by atoms with E-state index in [0.717, 1.165) is 22.4 Å². The molecule has 14 heavy (non-hydrogen) atoms. The summed E-state index contributed by atoms with van der Waals surface area (Å²) in [7, 11) is 1.61. The summed E-state index contributed by atoms with van der Waals surface area (Å²) in [5.74, 6) is 0.861. The lowest BCUT2D eigenvalue weighted by Crippen LogP contribution is -2.04. The number of ketones is 1. The Morgan fingerprint density at radius 3 is 2.36 bits per heavy atom. The zero-order valence-electron chi connectivity index (χ0n) is 9.18. The molecule has 1 aromatic carbocycles. The van der Waals surface area contributed by atoms with Gasteiger partial charge in [-0.15, -0.1) is 0 Å². The zero-order chi connectivity index (χ0) is 10.7. The first-order valence-corrected chi connectivity index (χ1v) is 4.79. The van der Waals surface area contributed by atoms with Gasteiger partial charge in [0.1, 0.15) is 5.75 Å². The van der Waals surface area contributed by atoms with E-state index in [-0.39, 0.29) is 5.78 Å². The van der Waals surface area contributed by atoms with E-state index in [2.05, 4.69) is 0 Å². The molecule has 0 atom stereocenters. The second-order valence-electron chi connectivity index (χ2n) is 3.38. The highest BCUT2D eigenvalue weighted by molar-refractivity contribution is 6.00. The standard InChI is InChI=1S/C12H16O2/c1-5-10(13)11-8(2)6-7-9(3)12(11)14-4/h6-7H,5H2,1-4H3. The fourth-order valence-corrected chi connectivity index (χ4v) is 1.57. The van der Waals surface area contributed by atoms with Gasteiger partial charge in [0, 0.05) is 6.42 Å². The minimum Gasteiger partial charge on any atom is -0.496 e. The highest BCUT2D eigenvalue weighted by Gasteiger charge is 2.14. The number of carbonyl (C=O) groups is 1. The molecular formula is C12H16O2. The largest absolute Gasteiger partial charge is 0.496 e. The van der Waals surface area contributed by atoms with E-state index < -0.39 is 0 Å². The van der Waals surface area contributed by atoms with Crippen molar-refractivity contribution in [2.24, 2.45) is 0 Å². The van der Waals surface area contributed by atoms with E-state index in [0.29, 0.717) is 6.42 Å². The number of hydrogen-bond acceptors (Lipinski definition) is 2. The van der Waals surface area contributed by atoms with Crippen LogP contribution < -0.4 is 4.74 Å². The summed E-state index contributed by atoms with van der Waals surface area (Å²) in [6.45, 7) is 5.75. The molecule has 0 N–H and O–H groups in total. The van der Waals surface area contributed by atoms with E-state index in [1.165, 1.54) is 0 Å². The van der Waals surface area contributed by atoms with Crippen molar-refractivity contribution >= 4 is 5.78 Å². The lowest BCUT2D eigenvalue weighted by molar-refractivity contribution is 0.0984. The smallest absolute Gasteiger partial charge is 0.166 e. The number of rotatable bonds is 3. The molecular weight excluding hydrogens is 176 g/mol. The Bertz CT molecular complexity index is 354. The van der Waals surface area contributed by atoms with Crippen molar-refractivity contribution in [3.05, 3.63) is 28.8 Å². The van der Waals surface area contributed by atoms with Gasteiger partial charge in [0.25, 0.3) is 0 Å². The Balaban J connectivity index is 3.37. The van der Waals surface area contributed by atoms with Crippen LogP contribution in [0, 0.1) is 13.8 Å². The Morgan fingerprint density at radius 1 is 1.29 bits per heavy atom. The third kappa shape index (κ3) is 1.79. The van der Waals surface area contributed by atoms with Gasteiger partial charge in [-0.3, -0.25) is 4.79 Å². The lowest BCUT2D eigenvalue weighted by Gasteiger charge is -2.12. The molecule has 76 valence electrons. The molecule has 0 bridgehead atoms. The van der Waals surface area contributed by atoms with Crippen LogP contribution in [0.4, 0.5) is 0 Å². The Labute approximate surface area is 84.9 Å². The maximum absolute atomic E-state index is 11.7. The predicted molar refractivity (Wildman–Crippen MR) is 57.1 cm³/mol. The molecule has 0 amide bonds. The topological polar surface area (TPSA) is 26.3 Å². The quantitative estimate of drug-likeness (QED) is 0.688. The molecule has 0 heterocycles. The summed E-state index contributed by atoms with van der Waals surface area (Å²) in [6, 6.07) is 3.93. The number of aryl methyl sites for hydroxylation is 2. The summed E-state index contributed by atoms with van der Waals surface area (Å²) in [4.78, 5) is 11.7. The zero-order valence-corrected chi connectivity index (χ0v) is 9.18. The molecule has 0 radical (unpaired) electrons. The molecule has 0 saturated carbocycles. The minimum atomic E-state index is 0.142. The van der Waals surface area contributed by atoms with Gasteiger partial charge in [0.05, 0.1) is 12.7 Å². The van der Waals surface area contributed by atoms with Crippen LogP contribution in [0.15, 0.2) is 12.1 Å². The second kappa shape index (κ2) is 4.27. The number of ether oxygens (including phenoxy) is 1. The number of carbonyl (C=O) groups excluding carboxylic acids is 1. The van der Waals surface area contributed by atoms with Crippen molar-refractivity contribution in [2.75, 3.05) is 7.11 Å². The Hall–Kier alpha value is -1.31. The van der Waals surface area contributed by atoms with Crippen LogP contribution in [0.25, 0.3) is 0 Å². The van der Waals surface area contributed by atoms with Gasteiger partial charge in [0.15, 0.2) is 5.78 Å². The monoisotopic (exact) mass is 192 g/mol. The molecule has 0 spiro atoms. The minimum absolute atomic E-state index is 0.142. The van der Waals surface area contributed by atoms with Crippen LogP contribution >= 0.6 is 0 Å². The van der Waals surface area contributed by atoms with Crippen LogP contribution in [-0.2, 0) is 0 Å². The van der Waals surface area contributed by atoms with E-state index in [9.17, 15) is 4.79 Å². The fraction of sp³-hybridized carbons (Fsp3) is 0.417. The van der Waals surface area contributed by atoms with Gasteiger partial charge >= 0.3 is 0 Å². The van der Waals surface area contributed by atoms with Crippen LogP contribution in [0.3, 0.4) is 0 Å². The Kier molecular flexibility index (Phi) is 3.28. The molecule has 0 aliphatic rings. The van der Waals surface area contributed by atoms with Crippen molar-refractivity contribution in [1.29, 1.82) is 0 Å². The average Bonchev–Trinajstić information content (AvgIpc) is 2.19. The van der Waals surface area contributed by atoms with Crippen molar-refractivity contribution in [2.45, 2.75) is 27.2 Å². The Morgan fingerprint density at radius 2 is 1.86 bits per heavy atom. The normalized spacial score (nSPS) is 10.0. The molecule has 1 rings (SSSR count). The van der Waals surface area contributed by atoms with Crippen molar-refractivity contribution in [3.63, 3.8) is 0 Å². The number of Topliss-reactive ketones (excluding diaryl/α,β-unsaturated/α-hetero) is 1. The van der Waals surface area contributed by atoms with Crippen molar-refractivity contribution in [1.82, 2.24) is 0 Å². The van der Waals surface area contributed by atoms with E-state index in [1.807, 2.05) is 32.9 Å². The molecule has 2 heteroatoms. The third-order valence-electron chi connectivity index (χ3n) is 2.37. The van der Waals surface area contributed by atoms with Gasteiger partial charge in [-0.25, -0.2) is 0 Å². The molecule has 2 nitrogen and oxygen atoms in total. The maximum atomic E-state index is 11.7. The summed E-state index contributed by atoms with van der Waals surface area (Å²) < 4.78 is 5.26. The number of methoxy groups -OCH3 is 1. The first kappa shape index (κ1) is 10.8. The van der Waals surface area contributed by atoms with Crippen molar-refractivity contribution < 1.29 is 9.53 Å².